The van der Waals surface area contributed by atoms with E-state index in [0.717, 1.165) is 12.8 Å². The highest BCUT2D eigenvalue weighted by Gasteiger charge is 2.33. The van der Waals surface area contributed by atoms with Crippen molar-refractivity contribution in [2.75, 3.05) is 36.0 Å². The van der Waals surface area contributed by atoms with Gasteiger partial charge >= 0.3 is 6.09 Å². The van der Waals surface area contributed by atoms with Gasteiger partial charge < -0.3 is 15.0 Å². The Kier molecular flexibility index (Phi) is 6.06. The zero-order valence-corrected chi connectivity index (χ0v) is 18.0. The first-order chi connectivity index (χ1) is 15.3. The Morgan fingerprint density at radius 3 is 2.62 bits per heavy atom. The molecule has 1 N–H and O–H groups in total. The van der Waals surface area contributed by atoms with E-state index in [-0.39, 0.29) is 30.8 Å². The van der Waals surface area contributed by atoms with Gasteiger partial charge in [-0.2, -0.15) is 0 Å². The van der Waals surface area contributed by atoms with Crippen molar-refractivity contribution in [1.29, 1.82) is 0 Å². The maximum absolute atomic E-state index is 14.9. The molecule has 0 radical (unpaired) electrons. The number of anilines is 2. The fraction of sp³-hybridized carbons (Fsp3) is 0.476. The Balaban J connectivity index is 1.38. The van der Waals surface area contributed by atoms with Gasteiger partial charge in [0.15, 0.2) is 5.78 Å². The maximum atomic E-state index is 14.9. The molecule has 3 heterocycles. The number of aromatic nitrogens is 3. The van der Waals surface area contributed by atoms with Gasteiger partial charge in [0.05, 0.1) is 36.7 Å². The first kappa shape index (κ1) is 21.7. The minimum atomic E-state index is -0.564. The van der Waals surface area contributed by atoms with E-state index in [4.69, 9.17) is 4.74 Å². The Labute approximate surface area is 184 Å². The summed E-state index contributed by atoms with van der Waals surface area (Å²) in [5.74, 6) is -0.750. The number of Topliss-reactive ketones (excluding diaryl/α,β-unsaturated/α-hetero) is 1. The molecule has 4 rings (SSSR count). The number of cyclic esters (lactones) is 1. The lowest BCUT2D eigenvalue weighted by atomic mass is 10.0. The van der Waals surface area contributed by atoms with Crippen LogP contribution >= 0.6 is 0 Å². The van der Waals surface area contributed by atoms with Crippen molar-refractivity contribution in [3.8, 4) is 0 Å². The molecule has 11 heteroatoms. The van der Waals surface area contributed by atoms with Gasteiger partial charge in [0, 0.05) is 26.9 Å². The van der Waals surface area contributed by atoms with Crippen molar-refractivity contribution in [1.82, 2.24) is 20.3 Å². The topological polar surface area (TPSA) is 110 Å². The third-order valence-corrected chi connectivity index (χ3v) is 5.75. The fourth-order valence-electron chi connectivity index (χ4n) is 4.00. The van der Waals surface area contributed by atoms with Gasteiger partial charge in [-0.25, -0.2) is 13.9 Å². The second-order valence-corrected chi connectivity index (χ2v) is 8.05. The van der Waals surface area contributed by atoms with Gasteiger partial charge in [0.1, 0.15) is 17.6 Å². The SMILES string of the molecule is CC(=O)NC[C@H]1CN(c2ccc(N3CCC(n4cc(C(C)=O)nn4)CC3)c(F)c2)C(=O)O1. The number of ether oxygens (including phenoxy) is 1. The van der Waals surface area contributed by atoms with Crippen LogP contribution in [0.15, 0.2) is 24.4 Å². The monoisotopic (exact) mass is 444 g/mol. The van der Waals surface area contributed by atoms with Crippen LogP contribution in [0.2, 0.25) is 0 Å². The molecule has 2 aliphatic heterocycles. The summed E-state index contributed by atoms with van der Waals surface area (Å²) in [6, 6.07) is 4.81. The number of carbonyl (C=O) groups excluding carboxylic acids is 3. The minimum absolute atomic E-state index is 0.106. The van der Waals surface area contributed by atoms with Gasteiger partial charge in [0.25, 0.3) is 0 Å². The number of benzene rings is 1. The molecule has 2 aliphatic rings. The highest BCUT2D eigenvalue weighted by molar-refractivity contribution is 5.91. The number of ketones is 1. The molecule has 2 amide bonds. The predicted molar refractivity (Wildman–Crippen MR) is 113 cm³/mol. The maximum Gasteiger partial charge on any atom is 0.414 e. The first-order valence-electron chi connectivity index (χ1n) is 10.5. The van der Waals surface area contributed by atoms with Crippen LogP contribution in [0.4, 0.5) is 20.6 Å². The van der Waals surface area contributed by atoms with Crippen molar-refractivity contribution in [3.63, 3.8) is 0 Å². The van der Waals surface area contributed by atoms with Crippen LogP contribution in [0.5, 0.6) is 0 Å². The van der Waals surface area contributed by atoms with E-state index in [9.17, 15) is 18.8 Å². The molecule has 0 aliphatic carbocycles. The molecule has 0 saturated carbocycles. The number of hydrogen-bond donors (Lipinski definition) is 1. The molecule has 0 unspecified atom stereocenters. The summed E-state index contributed by atoms with van der Waals surface area (Å²) in [6.45, 7) is 4.55. The molecular formula is C21H25FN6O4. The number of rotatable bonds is 6. The molecule has 10 nitrogen and oxygen atoms in total. The molecule has 2 saturated heterocycles. The van der Waals surface area contributed by atoms with E-state index < -0.39 is 18.0 Å². The molecule has 0 bridgehead atoms. The molecule has 0 spiro atoms. The summed E-state index contributed by atoms with van der Waals surface area (Å²) in [5.41, 5.74) is 1.22. The van der Waals surface area contributed by atoms with Gasteiger partial charge in [-0.3, -0.25) is 14.5 Å². The summed E-state index contributed by atoms with van der Waals surface area (Å²) in [6.07, 6.45) is 2.10. The largest absolute Gasteiger partial charge is 0.442 e. The lowest BCUT2D eigenvalue weighted by molar-refractivity contribution is -0.119. The van der Waals surface area contributed by atoms with Crippen molar-refractivity contribution >= 4 is 29.2 Å². The summed E-state index contributed by atoms with van der Waals surface area (Å²) >= 11 is 0. The number of hydrogen-bond acceptors (Lipinski definition) is 7. The Hall–Kier alpha value is -3.50. The normalized spacial score (nSPS) is 19.2. The van der Waals surface area contributed by atoms with Crippen molar-refractivity contribution < 1.29 is 23.5 Å². The summed E-state index contributed by atoms with van der Waals surface area (Å²) in [7, 11) is 0. The molecule has 1 atom stereocenters. The van der Waals surface area contributed by atoms with E-state index in [1.54, 1.807) is 23.0 Å². The van der Waals surface area contributed by atoms with Crippen LogP contribution in [-0.4, -0.2) is 65.1 Å². The van der Waals surface area contributed by atoms with Gasteiger partial charge in [0.2, 0.25) is 5.91 Å². The number of nitrogens with zero attached hydrogens (tertiary/aromatic N) is 5. The fourth-order valence-corrected chi connectivity index (χ4v) is 4.00. The van der Waals surface area contributed by atoms with E-state index in [1.165, 1.54) is 24.8 Å². The van der Waals surface area contributed by atoms with Crippen LogP contribution < -0.4 is 15.1 Å². The second-order valence-electron chi connectivity index (χ2n) is 8.05. The quantitative estimate of drug-likeness (QED) is 0.678. The predicted octanol–water partition coefficient (Wildman–Crippen LogP) is 1.92. The summed E-state index contributed by atoms with van der Waals surface area (Å²) in [5, 5.41) is 10.6. The Morgan fingerprint density at radius 2 is 2.00 bits per heavy atom. The number of amides is 2. The lowest BCUT2D eigenvalue weighted by Gasteiger charge is -2.33. The average Bonchev–Trinajstić information content (AvgIpc) is 3.39. The molecule has 2 fully saturated rings. The number of carbonyl (C=O) groups is 3. The van der Waals surface area contributed by atoms with Crippen LogP contribution in [0.1, 0.15) is 43.2 Å². The highest BCUT2D eigenvalue weighted by atomic mass is 19.1. The third-order valence-electron chi connectivity index (χ3n) is 5.75. The molecule has 32 heavy (non-hydrogen) atoms. The Morgan fingerprint density at radius 1 is 1.25 bits per heavy atom. The smallest absolute Gasteiger partial charge is 0.414 e. The van der Waals surface area contributed by atoms with E-state index in [1.807, 2.05) is 4.90 Å². The van der Waals surface area contributed by atoms with Crippen molar-refractivity contribution in [2.45, 2.75) is 38.8 Å². The van der Waals surface area contributed by atoms with Crippen LogP contribution in [0.25, 0.3) is 0 Å². The van der Waals surface area contributed by atoms with Gasteiger partial charge in [-0.1, -0.05) is 5.21 Å². The van der Waals surface area contributed by atoms with Crippen molar-refractivity contribution in [3.05, 3.63) is 35.9 Å². The first-order valence-corrected chi connectivity index (χ1v) is 10.5. The summed E-state index contributed by atoms with van der Waals surface area (Å²) < 4.78 is 21.9. The van der Waals surface area contributed by atoms with Crippen LogP contribution in [0, 0.1) is 5.82 Å². The van der Waals surface area contributed by atoms with Crippen LogP contribution in [-0.2, 0) is 9.53 Å². The highest BCUT2D eigenvalue weighted by Crippen LogP contribution is 2.31. The van der Waals surface area contributed by atoms with E-state index in [2.05, 4.69) is 15.6 Å². The minimum Gasteiger partial charge on any atom is -0.442 e. The van der Waals surface area contributed by atoms with E-state index in [0.29, 0.717) is 30.2 Å². The molecule has 170 valence electrons. The van der Waals surface area contributed by atoms with Crippen LogP contribution in [0.3, 0.4) is 0 Å². The molecular weight excluding hydrogens is 419 g/mol. The van der Waals surface area contributed by atoms with Gasteiger partial charge in [-0.05, 0) is 31.0 Å². The zero-order valence-electron chi connectivity index (χ0n) is 18.0. The second kappa shape index (κ2) is 8.93. The van der Waals surface area contributed by atoms with Gasteiger partial charge in [-0.15, -0.1) is 5.10 Å². The molecule has 2 aromatic rings. The number of nitrogens with one attached hydrogen (secondary N) is 1. The lowest BCUT2D eigenvalue weighted by Crippen LogP contribution is -2.35. The zero-order chi connectivity index (χ0) is 22.8. The number of piperidine rings is 1. The molecule has 1 aromatic carbocycles. The average molecular weight is 444 g/mol. The number of halogens is 1. The molecule has 1 aromatic heterocycles. The Bertz CT molecular complexity index is 1030. The van der Waals surface area contributed by atoms with Crippen molar-refractivity contribution in [2.24, 2.45) is 0 Å². The van der Waals surface area contributed by atoms with E-state index >= 15 is 0 Å². The standard InChI is InChI=1S/C21H25FN6O4/c1-13(29)19-12-28(25-24-19)15-5-7-26(8-6-15)20-4-3-16(9-18(20)22)27-11-17(32-21(27)31)10-23-14(2)30/h3-4,9,12,15,17H,5-8,10-11H2,1-2H3,(H,23,30)/t17-/m0/s1. The third kappa shape index (κ3) is 4.56. The summed E-state index contributed by atoms with van der Waals surface area (Å²) in [4.78, 5) is 38.0.